The number of carboxylic acid groups (broad SMARTS) is 1. The Kier molecular flexibility index (Phi) is 8.48. The fourth-order valence-electron chi connectivity index (χ4n) is 5.02. The number of benzene rings is 2. The summed E-state index contributed by atoms with van der Waals surface area (Å²) in [5, 5.41) is 9.36. The van der Waals surface area contributed by atoms with Crippen LogP contribution in [0.4, 0.5) is 10.7 Å². The highest BCUT2D eigenvalue weighted by Crippen LogP contribution is 2.34. The first-order valence-electron chi connectivity index (χ1n) is 14.1. The van der Waals surface area contributed by atoms with Crippen LogP contribution in [-0.4, -0.2) is 57.6 Å². The molecule has 3 heterocycles. The Balaban J connectivity index is 1.56. The fraction of sp³-hybridized carbons (Fsp3) is 0.281. The zero-order chi connectivity index (χ0) is 32.5. The predicted molar refractivity (Wildman–Crippen MR) is 165 cm³/mol. The molecule has 45 heavy (non-hydrogen) atoms. The van der Waals surface area contributed by atoms with E-state index in [0.717, 1.165) is 33.9 Å². The predicted octanol–water partition coefficient (Wildman–Crippen LogP) is 5.53. The standard InChI is InChI=1S/C32H33N5O7S/c1-19-8-6-9-20(2)28(19)25-15-27(35-30(34-25)36-45(41,42)23-11-7-10-21(14-23)29(38)39)43-26-18-37(31(40)44-32(3,4)5)17-22-16-33-13-12-24(22)26/h6-16,26H,17-18H2,1-5H3,(H,38,39)(H,34,35,36). The van der Waals surface area contributed by atoms with Gasteiger partial charge in [0.25, 0.3) is 10.0 Å². The first-order valence-corrected chi connectivity index (χ1v) is 15.6. The van der Waals surface area contributed by atoms with Gasteiger partial charge < -0.3 is 14.6 Å². The molecule has 1 aliphatic heterocycles. The normalized spacial score (nSPS) is 14.8. The van der Waals surface area contributed by atoms with Gasteiger partial charge in [-0.25, -0.2) is 27.7 Å². The summed E-state index contributed by atoms with van der Waals surface area (Å²) in [4.78, 5) is 38.9. The molecule has 13 heteroatoms. The summed E-state index contributed by atoms with van der Waals surface area (Å²) in [6.45, 7) is 9.59. The lowest BCUT2D eigenvalue weighted by molar-refractivity contribution is 0.0108. The summed E-state index contributed by atoms with van der Waals surface area (Å²) >= 11 is 0. The lowest BCUT2D eigenvalue weighted by atomic mass is 9.99. The third kappa shape index (κ3) is 7.20. The van der Waals surface area contributed by atoms with Crippen molar-refractivity contribution in [1.29, 1.82) is 0 Å². The SMILES string of the molecule is Cc1cccc(C)c1-c1cc(OC2CN(C(=O)OC(C)(C)C)Cc3cnccc32)nc(NS(=O)(=O)c2cccc(C(=O)O)c2)n1. The lowest BCUT2D eigenvalue weighted by Crippen LogP contribution is -2.42. The highest BCUT2D eigenvalue weighted by atomic mass is 32.2. The summed E-state index contributed by atoms with van der Waals surface area (Å²) in [6.07, 6.45) is 2.09. The molecule has 234 valence electrons. The minimum atomic E-state index is -4.30. The number of nitrogens with zero attached hydrogens (tertiary/aromatic N) is 4. The van der Waals surface area contributed by atoms with Gasteiger partial charge in [-0.2, -0.15) is 4.98 Å². The highest BCUT2D eigenvalue weighted by Gasteiger charge is 2.33. The zero-order valence-electron chi connectivity index (χ0n) is 25.4. The number of carbonyl (C=O) groups excluding carboxylic acids is 1. The molecule has 1 atom stereocenters. The number of aromatic carboxylic acids is 1. The second kappa shape index (κ2) is 12.2. The number of ether oxygens (including phenoxy) is 2. The van der Waals surface area contributed by atoms with Crippen molar-refractivity contribution in [2.75, 3.05) is 11.3 Å². The molecule has 0 aliphatic carbocycles. The van der Waals surface area contributed by atoms with Crippen molar-refractivity contribution in [3.8, 4) is 17.1 Å². The van der Waals surface area contributed by atoms with E-state index < -0.39 is 33.8 Å². The molecule has 5 rings (SSSR count). The largest absolute Gasteiger partial charge is 0.478 e. The summed E-state index contributed by atoms with van der Waals surface area (Å²) < 4.78 is 41.1. The van der Waals surface area contributed by atoms with Crippen LogP contribution < -0.4 is 9.46 Å². The molecule has 1 aliphatic rings. The number of carbonyl (C=O) groups is 2. The number of aromatic nitrogens is 3. The van der Waals surface area contributed by atoms with Crippen LogP contribution in [-0.2, 0) is 21.3 Å². The molecule has 0 radical (unpaired) electrons. The number of hydrogen-bond donors (Lipinski definition) is 2. The van der Waals surface area contributed by atoms with Crippen LogP contribution in [0, 0.1) is 13.8 Å². The smallest absolute Gasteiger partial charge is 0.410 e. The van der Waals surface area contributed by atoms with E-state index in [2.05, 4.69) is 19.7 Å². The van der Waals surface area contributed by atoms with Gasteiger partial charge in [-0.3, -0.25) is 9.88 Å². The molecule has 1 amide bonds. The molecule has 1 unspecified atom stereocenters. The Hall–Kier alpha value is -5.04. The van der Waals surface area contributed by atoms with Crippen LogP contribution in [0.5, 0.6) is 5.88 Å². The average Bonchev–Trinajstić information content (AvgIpc) is 2.96. The van der Waals surface area contributed by atoms with Crippen LogP contribution >= 0.6 is 0 Å². The van der Waals surface area contributed by atoms with Crippen molar-refractivity contribution in [2.45, 2.75) is 57.8 Å². The maximum Gasteiger partial charge on any atom is 0.410 e. The molecule has 0 saturated heterocycles. The Morgan fingerprint density at radius 3 is 2.42 bits per heavy atom. The number of aryl methyl sites for hydroxylation is 2. The average molecular weight is 632 g/mol. The maximum atomic E-state index is 13.4. The number of anilines is 1. The Bertz CT molecular complexity index is 1870. The second-order valence-electron chi connectivity index (χ2n) is 11.7. The van der Waals surface area contributed by atoms with E-state index in [4.69, 9.17) is 9.47 Å². The highest BCUT2D eigenvalue weighted by molar-refractivity contribution is 7.92. The van der Waals surface area contributed by atoms with E-state index in [-0.39, 0.29) is 35.4 Å². The van der Waals surface area contributed by atoms with E-state index in [1.54, 1.807) is 45.3 Å². The van der Waals surface area contributed by atoms with Crippen molar-refractivity contribution in [3.63, 3.8) is 0 Å². The first kappa shape index (κ1) is 31.4. The van der Waals surface area contributed by atoms with Crippen molar-refractivity contribution < 1.29 is 32.6 Å². The van der Waals surface area contributed by atoms with Gasteiger partial charge in [-0.1, -0.05) is 24.3 Å². The first-order chi connectivity index (χ1) is 21.2. The van der Waals surface area contributed by atoms with E-state index in [9.17, 15) is 23.1 Å². The van der Waals surface area contributed by atoms with Gasteiger partial charge in [0.15, 0.2) is 0 Å². The number of sulfonamides is 1. The second-order valence-corrected chi connectivity index (χ2v) is 13.3. The van der Waals surface area contributed by atoms with Crippen LogP contribution in [0.15, 0.2) is 71.9 Å². The molecule has 0 fully saturated rings. The molecule has 0 bridgehead atoms. The number of pyridine rings is 1. The number of carboxylic acids is 1. The molecule has 2 N–H and O–H groups in total. The number of hydrogen-bond acceptors (Lipinski definition) is 9. The molecule has 0 saturated carbocycles. The molecule has 2 aromatic heterocycles. The summed E-state index contributed by atoms with van der Waals surface area (Å²) in [5.41, 5.74) is 3.63. The van der Waals surface area contributed by atoms with Gasteiger partial charge in [-0.05, 0) is 75.6 Å². The van der Waals surface area contributed by atoms with Gasteiger partial charge in [0.05, 0.1) is 29.2 Å². The Morgan fingerprint density at radius 2 is 1.73 bits per heavy atom. The number of rotatable bonds is 7. The van der Waals surface area contributed by atoms with Gasteiger partial charge in [0, 0.05) is 29.6 Å². The molecule has 12 nitrogen and oxygen atoms in total. The quantitative estimate of drug-likeness (QED) is 0.266. The lowest BCUT2D eigenvalue weighted by Gasteiger charge is -2.35. The minimum Gasteiger partial charge on any atom is -0.478 e. The zero-order valence-corrected chi connectivity index (χ0v) is 26.3. The van der Waals surface area contributed by atoms with Crippen molar-refractivity contribution in [1.82, 2.24) is 19.9 Å². The summed E-state index contributed by atoms with van der Waals surface area (Å²) in [6, 6.07) is 14.1. The van der Waals surface area contributed by atoms with Crippen LogP contribution in [0.25, 0.3) is 11.3 Å². The number of fused-ring (bicyclic) bond motifs is 1. The Morgan fingerprint density at radius 1 is 1.02 bits per heavy atom. The van der Waals surface area contributed by atoms with E-state index in [1.165, 1.54) is 23.1 Å². The van der Waals surface area contributed by atoms with E-state index in [0.29, 0.717) is 5.69 Å². The molecule has 2 aromatic carbocycles. The van der Waals surface area contributed by atoms with Crippen molar-refractivity contribution >= 4 is 28.0 Å². The third-order valence-electron chi connectivity index (χ3n) is 7.01. The van der Waals surface area contributed by atoms with Gasteiger partial charge in [-0.15, -0.1) is 0 Å². The third-order valence-corrected chi connectivity index (χ3v) is 8.33. The van der Waals surface area contributed by atoms with Crippen LogP contribution in [0.1, 0.15) is 59.5 Å². The minimum absolute atomic E-state index is 0.0541. The maximum absolute atomic E-state index is 13.4. The monoisotopic (exact) mass is 631 g/mol. The van der Waals surface area contributed by atoms with Gasteiger partial charge in [0.2, 0.25) is 11.8 Å². The molecular weight excluding hydrogens is 598 g/mol. The van der Waals surface area contributed by atoms with Crippen molar-refractivity contribution in [2.24, 2.45) is 0 Å². The van der Waals surface area contributed by atoms with Crippen molar-refractivity contribution in [3.05, 3.63) is 94.8 Å². The summed E-state index contributed by atoms with van der Waals surface area (Å²) in [7, 11) is -4.30. The topological polar surface area (TPSA) is 161 Å². The summed E-state index contributed by atoms with van der Waals surface area (Å²) in [5.74, 6) is -1.49. The molecule has 0 spiro atoms. The molecule has 4 aromatic rings. The number of nitrogens with one attached hydrogen (secondary N) is 1. The van der Waals surface area contributed by atoms with E-state index in [1.807, 2.05) is 32.0 Å². The van der Waals surface area contributed by atoms with Gasteiger partial charge >= 0.3 is 12.1 Å². The Labute approximate surface area is 261 Å². The molecular formula is C32H33N5O7S. The van der Waals surface area contributed by atoms with Crippen LogP contribution in [0.2, 0.25) is 0 Å². The van der Waals surface area contributed by atoms with E-state index >= 15 is 0 Å². The van der Waals surface area contributed by atoms with Crippen LogP contribution in [0.3, 0.4) is 0 Å². The van der Waals surface area contributed by atoms with Gasteiger partial charge in [0.1, 0.15) is 11.7 Å². The number of amides is 1. The fourth-order valence-corrected chi connectivity index (χ4v) is 6.01.